The van der Waals surface area contributed by atoms with Crippen molar-refractivity contribution < 1.29 is 13.9 Å². The SMILES string of the molecule is NCc1nc(C(F)F)c(CO)cc1N. The van der Waals surface area contributed by atoms with Crippen molar-refractivity contribution in [1.29, 1.82) is 0 Å². The topological polar surface area (TPSA) is 85.2 Å². The summed E-state index contributed by atoms with van der Waals surface area (Å²) in [4.78, 5) is 3.60. The summed E-state index contributed by atoms with van der Waals surface area (Å²) in [7, 11) is 0. The Balaban J connectivity index is 3.25. The molecule has 0 spiro atoms. The molecule has 4 nitrogen and oxygen atoms in total. The van der Waals surface area contributed by atoms with E-state index < -0.39 is 18.7 Å². The molecule has 0 saturated carbocycles. The first kappa shape index (κ1) is 10.8. The van der Waals surface area contributed by atoms with Crippen LogP contribution in [0.4, 0.5) is 14.5 Å². The molecule has 1 heterocycles. The van der Waals surface area contributed by atoms with Gasteiger partial charge in [0.1, 0.15) is 5.69 Å². The minimum atomic E-state index is -2.73. The number of pyridine rings is 1. The van der Waals surface area contributed by atoms with E-state index in [0.717, 1.165) is 0 Å². The van der Waals surface area contributed by atoms with Gasteiger partial charge in [-0.05, 0) is 6.07 Å². The van der Waals surface area contributed by atoms with Crippen LogP contribution in [0.25, 0.3) is 0 Å². The summed E-state index contributed by atoms with van der Waals surface area (Å²) in [5.74, 6) is 0. The summed E-state index contributed by atoms with van der Waals surface area (Å²) in [5.41, 5.74) is 10.8. The molecule has 1 rings (SSSR count). The number of aromatic nitrogens is 1. The number of anilines is 1. The van der Waals surface area contributed by atoms with E-state index in [9.17, 15) is 8.78 Å². The van der Waals surface area contributed by atoms with Gasteiger partial charge in [0.05, 0.1) is 18.0 Å². The molecule has 1 aromatic heterocycles. The quantitative estimate of drug-likeness (QED) is 0.669. The van der Waals surface area contributed by atoms with Gasteiger partial charge < -0.3 is 16.6 Å². The van der Waals surface area contributed by atoms with Crippen LogP contribution in [0.3, 0.4) is 0 Å². The van der Waals surface area contributed by atoms with Crippen LogP contribution in [-0.2, 0) is 13.2 Å². The number of nitrogens with zero attached hydrogens (tertiary/aromatic N) is 1. The fraction of sp³-hybridized carbons (Fsp3) is 0.375. The van der Waals surface area contributed by atoms with Crippen molar-refractivity contribution in [2.75, 3.05) is 5.73 Å². The Labute approximate surface area is 79.6 Å². The maximum Gasteiger partial charge on any atom is 0.280 e. The third-order valence-corrected chi connectivity index (χ3v) is 1.82. The molecule has 6 heteroatoms. The van der Waals surface area contributed by atoms with Gasteiger partial charge in [0.25, 0.3) is 6.43 Å². The Kier molecular flexibility index (Phi) is 3.32. The number of halogens is 2. The third-order valence-electron chi connectivity index (χ3n) is 1.82. The van der Waals surface area contributed by atoms with Crippen molar-refractivity contribution >= 4 is 5.69 Å². The average molecular weight is 203 g/mol. The van der Waals surface area contributed by atoms with Crippen LogP contribution in [0.2, 0.25) is 0 Å². The van der Waals surface area contributed by atoms with Crippen molar-refractivity contribution in [2.45, 2.75) is 19.6 Å². The highest BCUT2D eigenvalue weighted by atomic mass is 19.3. The van der Waals surface area contributed by atoms with Crippen LogP contribution in [0.5, 0.6) is 0 Å². The predicted octanol–water partition coefficient (Wildman–Crippen LogP) is 0.552. The molecule has 0 radical (unpaired) electrons. The molecule has 14 heavy (non-hydrogen) atoms. The van der Waals surface area contributed by atoms with E-state index in [0.29, 0.717) is 0 Å². The van der Waals surface area contributed by atoms with Crippen molar-refractivity contribution in [3.05, 3.63) is 23.0 Å². The third kappa shape index (κ3) is 1.97. The predicted molar refractivity (Wildman–Crippen MR) is 47.4 cm³/mol. The fourth-order valence-electron chi connectivity index (χ4n) is 1.11. The van der Waals surface area contributed by atoms with Gasteiger partial charge in [-0.3, -0.25) is 0 Å². The highest BCUT2D eigenvalue weighted by molar-refractivity contribution is 5.47. The summed E-state index contributed by atoms with van der Waals surface area (Å²) < 4.78 is 24.8. The molecule has 0 saturated heterocycles. The number of nitrogen functional groups attached to an aromatic ring is 1. The first-order valence-electron chi connectivity index (χ1n) is 3.97. The minimum Gasteiger partial charge on any atom is -0.397 e. The van der Waals surface area contributed by atoms with Crippen molar-refractivity contribution in [1.82, 2.24) is 4.98 Å². The Morgan fingerprint density at radius 2 is 2.14 bits per heavy atom. The molecular weight excluding hydrogens is 192 g/mol. The van der Waals surface area contributed by atoms with Crippen LogP contribution in [0, 0.1) is 0 Å². The van der Waals surface area contributed by atoms with Gasteiger partial charge in [-0.1, -0.05) is 0 Å². The zero-order valence-corrected chi connectivity index (χ0v) is 7.37. The lowest BCUT2D eigenvalue weighted by molar-refractivity contribution is 0.141. The molecule has 0 atom stereocenters. The molecule has 0 aromatic carbocycles. The number of aliphatic hydroxyl groups is 1. The van der Waals surface area contributed by atoms with Gasteiger partial charge in [0.15, 0.2) is 0 Å². The molecule has 0 amide bonds. The number of rotatable bonds is 3. The maximum absolute atomic E-state index is 12.4. The number of nitrogens with two attached hydrogens (primary N) is 2. The molecule has 0 aliphatic heterocycles. The summed E-state index contributed by atoms with van der Waals surface area (Å²) in [6.45, 7) is -0.515. The van der Waals surface area contributed by atoms with E-state index in [1.807, 2.05) is 0 Å². The van der Waals surface area contributed by atoms with Crippen LogP contribution < -0.4 is 11.5 Å². The van der Waals surface area contributed by atoms with Crippen LogP contribution >= 0.6 is 0 Å². The number of aliphatic hydroxyl groups excluding tert-OH is 1. The van der Waals surface area contributed by atoms with E-state index in [2.05, 4.69) is 4.98 Å². The Morgan fingerprint density at radius 1 is 1.50 bits per heavy atom. The average Bonchev–Trinajstić information content (AvgIpc) is 2.16. The number of hydrogen-bond acceptors (Lipinski definition) is 4. The van der Waals surface area contributed by atoms with Gasteiger partial charge in [-0.15, -0.1) is 0 Å². The molecule has 0 unspecified atom stereocenters. The maximum atomic E-state index is 12.4. The Bertz CT molecular complexity index is 331. The monoisotopic (exact) mass is 203 g/mol. The largest absolute Gasteiger partial charge is 0.397 e. The standard InChI is InChI=1S/C8H11F2N3O/c9-8(10)7-4(3-14)1-5(12)6(2-11)13-7/h1,8,14H,2-3,11-12H2. The second-order valence-corrected chi connectivity index (χ2v) is 2.73. The smallest absolute Gasteiger partial charge is 0.280 e. The molecule has 0 aliphatic carbocycles. The van der Waals surface area contributed by atoms with Gasteiger partial charge in [0.2, 0.25) is 0 Å². The molecule has 78 valence electrons. The Hall–Kier alpha value is -1.27. The Morgan fingerprint density at radius 3 is 2.57 bits per heavy atom. The van der Waals surface area contributed by atoms with Crippen LogP contribution in [0.15, 0.2) is 6.07 Å². The van der Waals surface area contributed by atoms with E-state index in [1.165, 1.54) is 6.07 Å². The second-order valence-electron chi connectivity index (χ2n) is 2.73. The first-order chi connectivity index (χ1) is 6.60. The van der Waals surface area contributed by atoms with Gasteiger partial charge in [0, 0.05) is 12.1 Å². The highest BCUT2D eigenvalue weighted by Crippen LogP contribution is 2.24. The van der Waals surface area contributed by atoms with Crippen LogP contribution in [-0.4, -0.2) is 10.1 Å². The van der Waals surface area contributed by atoms with E-state index in [1.54, 1.807) is 0 Å². The zero-order chi connectivity index (χ0) is 10.7. The van der Waals surface area contributed by atoms with Crippen molar-refractivity contribution in [3.8, 4) is 0 Å². The van der Waals surface area contributed by atoms with Gasteiger partial charge in [-0.2, -0.15) is 0 Å². The van der Waals surface area contributed by atoms with E-state index in [4.69, 9.17) is 16.6 Å². The molecule has 1 aromatic rings. The van der Waals surface area contributed by atoms with E-state index in [-0.39, 0.29) is 23.5 Å². The lowest BCUT2D eigenvalue weighted by Gasteiger charge is -2.09. The van der Waals surface area contributed by atoms with Gasteiger partial charge >= 0.3 is 0 Å². The van der Waals surface area contributed by atoms with E-state index >= 15 is 0 Å². The molecule has 0 bridgehead atoms. The van der Waals surface area contributed by atoms with Crippen molar-refractivity contribution in [3.63, 3.8) is 0 Å². The fourth-order valence-corrected chi connectivity index (χ4v) is 1.11. The second kappa shape index (κ2) is 4.30. The highest BCUT2D eigenvalue weighted by Gasteiger charge is 2.16. The van der Waals surface area contributed by atoms with Gasteiger partial charge in [-0.25, -0.2) is 13.8 Å². The molecular formula is C8H11F2N3O. The summed E-state index contributed by atoms with van der Waals surface area (Å²) in [5, 5.41) is 8.80. The lowest BCUT2D eigenvalue weighted by Crippen LogP contribution is -2.09. The number of hydrogen-bond donors (Lipinski definition) is 3. The van der Waals surface area contributed by atoms with Crippen LogP contribution in [0.1, 0.15) is 23.4 Å². The minimum absolute atomic E-state index is 0.00272. The lowest BCUT2D eigenvalue weighted by atomic mass is 10.1. The first-order valence-corrected chi connectivity index (χ1v) is 3.97. The summed E-state index contributed by atoms with van der Waals surface area (Å²) in [6, 6.07) is 1.27. The normalized spacial score (nSPS) is 10.9. The molecule has 5 N–H and O–H groups in total. The molecule has 0 fully saturated rings. The number of alkyl halides is 2. The zero-order valence-electron chi connectivity index (χ0n) is 7.37. The molecule has 0 aliphatic rings. The van der Waals surface area contributed by atoms with Crippen molar-refractivity contribution in [2.24, 2.45) is 5.73 Å². The summed E-state index contributed by atoms with van der Waals surface area (Å²) >= 11 is 0. The summed E-state index contributed by atoms with van der Waals surface area (Å²) in [6.07, 6.45) is -2.73.